The van der Waals surface area contributed by atoms with Gasteiger partial charge in [-0.15, -0.1) is 11.3 Å². The van der Waals surface area contributed by atoms with E-state index in [4.69, 9.17) is 4.99 Å². The van der Waals surface area contributed by atoms with Gasteiger partial charge in [0.15, 0.2) is 11.6 Å². The van der Waals surface area contributed by atoms with Gasteiger partial charge in [0, 0.05) is 0 Å². The Balaban J connectivity index is 1.91. The van der Waals surface area contributed by atoms with Gasteiger partial charge in [-0.25, -0.2) is 18.7 Å². The summed E-state index contributed by atoms with van der Waals surface area (Å²) in [6.07, 6.45) is 4.28. The second kappa shape index (κ2) is 5.95. The fourth-order valence-electron chi connectivity index (χ4n) is 3.34. The molecule has 0 fully saturated rings. The minimum atomic E-state index is -0.963. The quantitative estimate of drug-likeness (QED) is 0.667. The van der Waals surface area contributed by atoms with Crippen molar-refractivity contribution in [2.24, 2.45) is 4.99 Å². The van der Waals surface area contributed by atoms with Crippen molar-refractivity contribution in [3.8, 4) is 0 Å². The summed E-state index contributed by atoms with van der Waals surface area (Å²) in [5, 5.41) is 2.06. The van der Waals surface area contributed by atoms with Crippen molar-refractivity contribution in [2.75, 3.05) is 0 Å². The molecule has 25 heavy (non-hydrogen) atoms. The van der Waals surface area contributed by atoms with Gasteiger partial charge in [0.05, 0.1) is 22.1 Å². The van der Waals surface area contributed by atoms with Gasteiger partial charge in [0.25, 0.3) is 0 Å². The van der Waals surface area contributed by atoms with Crippen LogP contribution in [0, 0.1) is 11.6 Å². The molecular formula is C19H17F2N3S. The molecule has 0 N–H and O–H groups in total. The molecule has 3 nitrogen and oxygen atoms in total. The summed E-state index contributed by atoms with van der Waals surface area (Å²) in [6, 6.07) is 4.67. The largest absolute Gasteiger partial charge is 0.275 e. The van der Waals surface area contributed by atoms with Crippen LogP contribution in [0.1, 0.15) is 42.8 Å². The van der Waals surface area contributed by atoms with Gasteiger partial charge in [-0.05, 0) is 48.4 Å². The number of benzene rings is 1. The van der Waals surface area contributed by atoms with Gasteiger partial charge < -0.3 is 0 Å². The van der Waals surface area contributed by atoms with E-state index in [1.54, 1.807) is 11.3 Å². The van der Waals surface area contributed by atoms with E-state index in [9.17, 15) is 8.78 Å². The summed E-state index contributed by atoms with van der Waals surface area (Å²) in [5.74, 6) is -1.88. The molecule has 6 heteroatoms. The Morgan fingerprint density at radius 3 is 2.72 bits per heavy atom. The Kier molecular flexibility index (Phi) is 3.87. The van der Waals surface area contributed by atoms with Crippen LogP contribution in [0.4, 0.5) is 8.78 Å². The minimum Gasteiger partial charge on any atom is -0.275 e. The Morgan fingerprint density at radius 1 is 1.16 bits per heavy atom. The number of hydrogen-bond donors (Lipinski definition) is 0. The van der Waals surface area contributed by atoms with Crippen molar-refractivity contribution in [2.45, 2.75) is 38.6 Å². The predicted octanol–water partition coefficient (Wildman–Crippen LogP) is 4.92. The molecule has 0 amide bonds. The fourth-order valence-corrected chi connectivity index (χ4v) is 4.26. The van der Waals surface area contributed by atoms with Crippen LogP contribution in [0.25, 0.3) is 11.0 Å². The molecule has 1 aliphatic heterocycles. The molecule has 2 aromatic heterocycles. The molecule has 0 bridgehead atoms. The molecule has 3 heterocycles. The van der Waals surface area contributed by atoms with Crippen LogP contribution in [-0.4, -0.2) is 21.2 Å². The zero-order valence-corrected chi connectivity index (χ0v) is 14.8. The van der Waals surface area contributed by atoms with Crippen molar-refractivity contribution in [1.82, 2.24) is 9.97 Å². The van der Waals surface area contributed by atoms with Crippen molar-refractivity contribution in [1.29, 1.82) is 0 Å². The van der Waals surface area contributed by atoms with Gasteiger partial charge in [-0.1, -0.05) is 13.8 Å². The third-order valence-corrected chi connectivity index (χ3v) is 5.96. The van der Waals surface area contributed by atoms with Crippen LogP contribution in [0.5, 0.6) is 0 Å². The van der Waals surface area contributed by atoms with E-state index in [0.717, 1.165) is 35.9 Å². The van der Waals surface area contributed by atoms with Crippen molar-refractivity contribution in [3.05, 3.63) is 57.5 Å². The molecular weight excluding hydrogens is 340 g/mol. The minimum absolute atomic E-state index is 0.0520. The van der Waals surface area contributed by atoms with Crippen LogP contribution in [0.3, 0.4) is 0 Å². The number of aliphatic imine (C=N–C) groups is 1. The third-order valence-electron chi connectivity index (χ3n) is 4.99. The molecule has 0 saturated carbocycles. The van der Waals surface area contributed by atoms with Crippen LogP contribution in [0.2, 0.25) is 0 Å². The molecule has 1 aromatic carbocycles. The molecule has 0 unspecified atom stereocenters. The Morgan fingerprint density at radius 2 is 1.96 bits per heavy atom. The number of rotatable bonds is 3. The number of thiophene rings is 1. The van der Waals surface area contributed by atoms with Crippen LogP contribution in [-0.2, 0) is 6.42 Å². The van der Waals surface area contributed by atoms with E-state index in [-0.39, 0.29) is 11.1 Å². The summed E-state index contributed by atoms with van der Waals surface area (Å²) in [7, 11) is 0. The maximum absolute atomic E-state index is 13.9. The first-order valence-corrected chi connectivity index (χ1v) is 9.22. The monoisotopic (exact) mass is 357 g/mol. The van der Waals surface area contributed by atoms with Crippen LogP contribution >= 0.6 is 11.3 Å². The highest BCUT2D eigenvalue weighted by Crippen LogP contribution is 2.36. The highest BCUT2D eigenvalue weighted by molar-refractivity contribution is 7.12. The summed E-state index contributed by atoms with van der Waals surface area (Å²) in [5.41, 5.74) is 2.82. The average molecular weight is 357 g/mol. The topological polar surface area (TPSA) is 38.1 Å². The van der Waals surface area contributed by atoms with E-state index in [1.165, 1.54) is 17.8 Å². The van der Waals surface area contributed by atoms with Gasteiger partial charge in [0.1, 0.15) is 16.9 Å². The van der Waals surface area contributed by atoms with Crippen molar-refractivity contribution < 1.29 is 8.78 Å². The summed E-state index contributed by atoms with van der Waals surface area (Å²) < 4.78 is 27.3. The number of halogens is 2. The second-order valence-electron chi connectivity index (χ2n) is 6.33. The molecule has 1 aliphatic rings. The molecule has 4 rings (SSSR count). The lowest BCUT2D eigenvalue weighted by atomic mass is 9.83. The van der Waals surface area contributed by atoms with E-state index in [1.807, 2.05) is 0 Å². The molecule has 0 spiro atoms. The number of aromatic nitrogens is 2. The van der Waals surface area contributed by atoms with Gasteiger partial charge in [-0.2, -0.15) is 0 Å². The molecule has 0 radical (unpaired) electrons. The highest BCUT2D eigenvalue weighted by atomic mass is 32.1. The van der Waals surface area contributed by atoms with Crippen molar-refractivity contribution in [3.63, 3.8) is 0 Å². The van der Waals surface area contributed by atoms with Gasteiger partial charge in [0.2, 0.25) is 0 Å². The summed E-state index contributed by atoms with van der Waals surface area (Å²) in [4.78, 5) is 14.8. The Labute approximate surface area is 148 Å². The van der Waals surface area contributed by atoms with Crippen LogP contribution in [0.15, 0.2) is 34.8 Å². The van der Waals surface area contributed by atoms with E-state index >= 15 is 0 Å². The Hall–Kier alpha value is -2.21. The normalized spacial score (nSPS) is 15.9. The first-order valence-electron chi connectivity index (χ1n) is 8.34. The molecule has 3 aromatic rings. The Bertz CT molecular complexity index is 989. The van der Waals surface area contributed by atoms with Crippen molar-refractivity contribution >= 4 is 28.1 Å². The number of hydrogen-bond acceptors (Lipinski definition) is 4. The van der Waals surface area contributed by atoms with Crippen LogP contribution < -0.4 is 0 Å². The zero-order chi connectivity index (χ0) is 17.6. The van der Waals surface area contributed by atoms with E-state index in [0.29, 0.717) is 11.2 Å². The number of fused-ring (bicyclic) bond motifs is 2. The second-order valence-corrected chi connectivity index (χ2v) is 7.24. The molecule has 128 valence electrons. The van der Waals surface area contributed by atoms with E-state index in [2.05, 4.69) is 35.3 Å². The summed E-state index contributed by atoms with van der Waals surface area (Å²) in [6.45, 7) is 4.29. The lowest BCUT2D eigenvalue weighted by Crippen LogP contribution is -2.33. The smallest absolute Gasteiger partial charge is 0.186 e. The molecule has 0 atom stereocenters. The SMILES string of the molecule is CCC1(CC)Cc2ccsc2C(c2cnc3c(F)c(F)ccc3n2)=N1. The average Bonchev–Trinajstić information content (AvgIpc) is 3.11. The number of nitrogens with zero attached hydrogens (tertiary/aromatic N) is 3. The fraction of sp³-hybridized carbons (Fsp3) is 0.316. The molecule has 0 aliphatic carbocycles. The lowest BCUT2D eigenvalue weighted by molar-refractivity contribution is 0.393. The maximum atomic E-state index is 13.9. The van der Waals surface area contributed by atoms with Gasteiger partial charge in [-0.3, -0.25) is 4.99 Å². The predicted molar refractivity (Wildman–Crippen MR) is 96.4 cm³/mol. The summed E-state index contributed by atoms with van der Waals surface area (Å²) >= 11 is 1.63. The lowest BCUT2D eigenvalue weighted by Gasteiger charge is -2.32. The maximum Gasteiger partial charge on any atom is 0.186 e. The van der Waals surface area contributed by atoms with E-state index < -0.39 is 11.6 Å². The van der Waals surface area contributed by atoms with Gasteiger partial charge >= 0.3 is 0 Å². The standard InChI is InChI=1S/C19H17F2N3S/c1-3-19(4-2)9-11-7-8-25-18(11)17(24-19)14-10-22-16-13(23-14)6-5-12(20)15(16)21/h5-8,10H,3-4,9H2,1-2H3. The highest BCUT2D eigenvalue weighted by Gasteiger charge is 2.34. The molecule has 0 saturated heterocycles. The first kappa shape index (κ1) is 16.3. The third kappa shape index (κ3) is 2.56. The first-order chi connectivity index (χ1) is 12.1. The zero-order valence-electron chi connectivity index (χ0n) is 14.0.